The second kappa shape index (κ2) is 17.4. The van der Waals surface area contributed by atoms with Crippen LogP contribution in [0.4, 0.5) is 0 Å². The average molecular weight is 760 g/mol. The number of likely N-dealkylation sites (N-methyl/N-ethyl adjacent to an activating group) is 1. The van der Waals surface area contributed by atoms with Crippen molar-refractivity contribution >= 4 is 5.97 Å². The van der Waals surface area contributed by atoms with E-state index in [2.05, 4.69) is 0 Å². The van der Waals surface area contributed by atoms with Crippen LogP contribution in [0, 0.1) is 17.8 Å². The van der Waals surface area contributed by atoms with E-state index in [1.54, 1.807) is 27.7 Å². The molecule has 0 amide bonds. The van der Waals surface area contributed by atoms with Crippen LogP contribution >= 0.6 is 0 Å². The standard InChI is InChI=1S/C39H69NO13/c1-13-27(42)39(10,46)34-22(4)30-20(2)18-38(9,53-30)33(52-36-29(43)26(17-21(3)48-36)40(11)15-14-16-41)23(5)31(24(6)35(45)51-34)50-28-19-37(8,47-12)32(44)25(7)49-28/h21-29,31-34,36,41-44,46H,13-19H2,1-12H3/t21?,22-,23-,24+,25?,26?,27+,28-,29?,31-,32-,33+,34+,36-,37?,38-,39+/m0/s1. The van der Waals surface area contributed by atoms with Crippen LogP contribution in [0.5, 0.6) is 0 Å². The average Bonchev–Trinajstić information content (AvgIpc) is 3.42. The number of fused-ring (bicyclic) bond motifs is 2. The summed E-state index contributed by atoms with van der Waals surface area (Å²) in [7, 11) is 3.43. The number of esters is 1. The highest BCUT2D eigenvalue weighted by atomic mass is 16.7. The molecule has 5 N–H and O–H groups in total. The maximum Gasteiger partial charge on any atom is 0.311 e. The molecule has 0 aromatic carbocycles. The van der Waals surface area contributed by atoms with E-state index < -0.39 is 95.8 Å². The molecule has 0 aliphatic carbocycles. The Kier molecular flexibility index (Phi) is 14.5. The Labute approximate surface area is 316 Å². The van der Waals surface area contributed by atoms with Gasteiger partial charge in [0.05, 0.1) is 41.9 Å². The molecule has 3 saturated heterocycles. The van der Waals surface area contributed by atoms with E-state index in [9.17, 15) is 30.3 Å². The number of rotatable bonds is 12. The Hall–Kier alpha value is -1.43. The molecule has 3 fully saturated rings. The number of cyclic esters (lactones) is 1. The molecule has 0 radical (unpaired) electrons. The molecule has 14 heteroatoms. The first-order valence-corrected chi connectivity index (χ1v) is 19.5. The Morgan fingerprint density at radius 1 is 1.08 bits per heavy atom. The van der Waals surface area contributed by atoms with Gasteiger partial charge in [0.1, 0.15) is 41.4 Å². The highest BCUT2D eigenvalue weighted by Gasteiger charge is 2.57. The Bertz CT molecular complexity index is 1270. The van der Waals surface area contributed by atoms with Gasteiger partial charge in [-0.1, -0.05) is 20.8 Å². The fraction of sp³-hybridized carbons (Fsp3) is 0.923. The lowest BCUT2D eigenvalue weighted by Gasteiger charge is -2.48. The van der Waals surface area contributed by atoms with Gasteiger partial charge in [-0.05, 0) is 80.3 Å². The van der Waals surface area contributed by atoms with Gasteiger partial charge in [-0.25, -0.2) is 0 Å². The van der Waals surface area contributed by atoms with Crippen molar-refractivity contribution < 1.29 is 63.5 Å². The molecule has 14 nitrogen and oxygen atoms in total. The van der Waals surface area contributed by atoms with Crippen LogP contribution in [0.3, 0.4) is 0 Å². The van der Waals surface area contributed by atoms with Crippen molar-refractivity contribution in [2.24, 2.45) is 17.8 Å². The van der Waals surface area contributed by atoms with Crippen molar-refractivity contribution in [2.45, 2.75) is 186 Å². The summed E-state index contributed by atoms with van der Waals surface area (Å²) in [6.07, 6.45) is -7.16. The van der Waals surface area contributed by atoms with Gasteiger partial charge in [-0.3, -0.25) is 4.79 Å². The van der Waals surface area contributed by atoms with Gasteiger partial charge in [0.15, 0.2) is 12.6 Å². The van der Waals surface area contributed by atoms with Crippen molar-refractivity contribution in [3.8, 4) is 0 Å². The summed E-state index contributed by atoms with van der Waals surface area (Å²) in [5, 5.41) is 55.0. The fourth-order valence-electron chi connectivity index (χ4n) is 9.14. The maximum absolute atomic E-state index is 14.3. The van der Waals surface area contributed by atoms with Crippen LogP contribution < -0.4 is 0 Å². The second-order valence-electron chi connectivity index (χ2n) is 16.9. The first-order valence-electron chi connectivity index (χ1n) is 19.5. The first-order chi connectivity index (χ1) is 24.6. The number of methoxy groups -OCH3 is 1. The number of aliphatic hydroxyl groups is 5. The molecule has 0 spiro atoms. The third-order valence-electron chi connectivity index (χ3n) is 12.5. The molecule has 0 aromatic heterocycles. The van der Waals surface area contributed by atoms with Gasteiger partial charge in [0.2, 0.25) is 0 Å². The lowest BCUT2D eigenvalue weighted by atomic mass is 9.78. The van der Waals surface area contributed by atoms with Gasteiger partial charge < -0.3 is 63.6 Å². The quantitative estimate of drug-likeness (QED) is 0.183. The van der Waals surface area contributed by atoms with Crippen LogP contribution in [-0.2, 0) is 38.0 Å². The number of carbonyl (C=O) groups is 1. The number of hydrogen-bond acceptors (Lipinski definition) is 14. The Balaban J connectivity index is 1.81. The van der Waals surface area contributed by atoms with E-state index in [0.717, 1.165) is 5.57 Å². The molecule has 17 atom stereocenters. The number of ether oxygens (including phenoxy) is 7. The minimum atomic E-state index is -1.84. The normalized spacial score (nSPS) is 44.6. The van der Waals surface area contributed by atoms with E-state index in [4.69, 9.17) is 33.2 Å². The summed E-state index contributed by atoms with van der Waals surface area (Å²) >= 11 is 0. The van der Waals surface area contributed by atoms with Crippen LogP contribution in [-0.4, -0.2) is 148 Å². The minimum Gasteiger partial charge on any atom is -0.488 e. The predicted octanol–water partition coefficient (Wildman–Crippen LogP) is 2.64. The molecule has 53 heavy (non-hydrogen) atoms. The largest absolute Gasteiger partial charge is 0.488 e. The molecule has 4 aliphatic rings. The van der Waals surface area contributed by atoms with Gasteiger partial charge in [-0.2, -0.15) is 0 Å². The summed E-state index contributed by atoms with van der Waals surface area (Å²) in [5.41, 5.74) is -3.04. The van der Waals surface area contributed by atoms with E-state index in [1.165, 1.54) is 14.0 Å². The van der Waals surface area contributed by atoms with Gasteiger partial charge in [-0.15, -0.1) is 0 Å². The Morgan fingerprint density at radius 3 is 2.34 bits per heavy atom. The molecular formula is C39H69NO13. The van der Waals surface area contributed by atoms with Gasteiger partial charge in [0, 0.05) is 45.1 Å². The van der Waals surface area contributed by atoms with E-state index >= 15 is 0 Å². The lowest BCUT2D eigenvalue weighted by molar-refractivity contribution is -0.316. The summed E-state index contributed by atoms with van der Waals surface area (Å²) < 4.78 is 45.0. The molecular weight excluding hydrogens is 690 g/mol. The molecule has 2 bridgehead atoms. The highest BCUT2D eigenvalue weighted by molar-refractivity contribution is 5.73. The highest BCUT2D eigenvalue weighted by Crippen LogP contribution is 2.48. The van der Waals surface area contributed by atoms with E-state index in [-0.39, 0.29) is 31.6 Å². The number of carbonyl (C=O) groups excluding carboxylic acids is 1. The maximum atomic E-state index is 14.3. The van der Waals surface area contributed by atoms with Crippen molar-refractivity contribution in [3.05, 3.63) is 11.3 Å². The first kappa shape index (κ1) is 44.3. The van der Waals surface area contributed by atoms with Crippen LogP contribution in [0.25, 0.3) is 0 Å². The number of nitrogens with zero attached hydrogens (tertiary/aromatic N) is 1. The summed E-state index contributed by atoms with van der Waals surface area (Å²) in [6.45, 7) is 18.5. The third kappa shape index (κ3) is 9.09. The predicted molar refractivity (Wildman–Crippen MR) is 194 cm³/mol. The van der Waals surface area contributed by atoms with Crippen LogP contribution in [0.2, 0.25) is 0 Å². The summed E-state index contributed by atoms with van der Waals surface area (Å²) in [5.74, 6) is -2.37. The minimum absolute atomic E-state index is 0.0310. The van der Waals surface area contributed by atoms with Crippen molar-refractivity contribution in [2.75, 3.05) is 27.3 Å². The summed E-state index contributed by atoms with van der Waals surface area (Å²) in [4.78, 5) is 16.3. The molecule has 0 saturated carbocycles. The van der Waals surface area contributed by atoms with Crippen molar-refractivity contribution in [1.29, 1.82) is 0 Å². The fourth-order valence-corrected chi connectivity index (χ4v) is 9.14. The molecule has 4 aliphatic heterocycles. The molecule has 4 rings (SSSR count). The zero-order valence-electron chi connectivity index (χ0n) is 34.0. The number of hydrogen-bond donors (Lipinski definition) is 5. The van der Waals surface area contributed by atoms with Crippen molar-refractivity contribution in [1.82, 2.24) is 4.90 Å². The molecule has 0 aromatic rings. The lowest BCUT2D eigenvalue weighted by Crippen LogP contribution is -2.60. The Morgan fingerprint density at radius 2 is 1.74 bits per heavy atom. The second-order valence-corrected chi connectivity index (χ2v) is 16.9. The van der Waals surface area contributed by atoms with Crippen LogP contribution in [0.15, 0.2) is 11.3 Å². The molecule has 5 unspecified atom stereocenters. The zero-order chi connectivity index (χ0) is 39.8. The molecule has 4 heterocycles. The zero-order valence-corrected chi connectivity index (χ0v) is 34.0. The summed E-state index contributed by atoms with van der Waals surface area (Å²) in [6, 6.07) is -0.315. The smallest absolute Gasteiger partial charge is 0.311 e. The monoisotopic (exact) mass is 759 g/mol. The molecule has 308 valence electrons. The van der Waals surface area contributed by atoms with E-state index in [0.29, 0.717) is 31.6 Å². The third-order valence-corrected chi connectivity index (χ3v) is 12.5. The van der Waals surface area contributed by atoms with Crippen molar-refractivity contribution in [3.63, 3.8) is 0 Å². The van der Waals surface area contributed by atoms with Gasteiger partial charge >= 0.3 is 5.97 Å². The van der Waals surface area contributed by atoms with Crippen LogP contribution in [0.1, 0.15) is 101 Å². The van der Waals surface area contributed by atoms with Gasteiger partial charge in [0.25, 0.3) is 0 Å². The van der Waals surface area contributed by atoms with E-state index in [1.807, 2.05) is 46.6 Å². The SMILES string of the molecule is CC[C@@H](O)[C@@](C)(O)[C@@H]1OC(=O)[C@H](C)[C@@H](O[C@H]2CC(C)(OC)[C@@H](O)C(C)O2)[C@H](C)[C@@H](O[C@@H]2OC(C)CC(N(C)CCCO)C2O)[C@]2(C)CC(C)=C(O2)[C@@H]1C. The topological polar surface area (TPSA) is 186 Å². The number of aliphatic hydroxyl groups excluding tert-OH is 4.